The van der Waals surface area contributed by atoms with Gasteiger partial charge in [0.2, 0.25) is 0 Å². The van der Waals surface area contributed by atoms with Gasteiger partial charge in [0.05, 0.1) is 0 Å². The standard InChI is InChI=1S/C13H24/c1-4-7-9-12-13(10-6-3)11-8-5-2/h13H,4,6-7,9-12H2,1-3H3. The average molecular weight is 180 g/mol. The Hall–Kier alpha value is -0.440. The first-order valence-electron chi connectivity index (χ1n) is 5.74. The zero-order valence-electron chi connectivity index (χ0n) is 9.53. The van der Waals surface area contributed by atoms with Gasteiger partial charge in [-0.3, -0.25) is 0 Å². The molecule has 0 N–H and O–H groups in total. The van der Waals surface area contributed by atoms with Crippen LogP contribution in [0, 0.1) is 17.8 Å². The average Bonchev–Trinajstić information content (AvgIpc) is 2.14. The summed E-state index contributed by atoms with van der Waals surface area (Å²) in [5.74, 6) is 7.07. The molecule has 0 aliphatic rings. The van der Waals surface area contributed by atoms with E-state index in [0.29, 0.717) is 0 Å². The maximum absolute atomic E-state index is 3.21. The maximum atomic E-state index is 3.21. The Morgan fingerprint density at radius 2 is 1.77 bits per heavy atom. The topological polar surface area (TPSA) is 0 Å². The molecule has 0 saturated carbocycles. The summed E-state index contributed by atoms with van der Waals surface area (Å²) in [6, 6.07) is 0. The van der Waals surface area contributed by atoms with E-state index in [-0.39, 0.29) is 0 Å². The molecule has 0 heterocycles. The van der Waals surface area contributed by atoms with Crippen molar-refractivity contribution in [3.8, 4) is 11.8 Å². The molecular formula is C13H24. The van der Waals surface area contributed by atoms with Crippen LogP contribution in [0.1, 0.15) is 65.7 Å². The molecule has 0 aromatic carbocycles. The molecule has 0 saturated heterocycles. The minimum atomic E-state index is 0.865. The van der Waals surface area contributed by atoms with E-state index in [2.05, 4.69) is 25.7 Å². The van der Waals surface area contributed by atoms with Crippen LogP contribution in [0.4, 0.5) is 0 Å². The molecule has 0 aromatic rings. The molecular weight excluding hydrogens is 156 g/mol. The quantitative estimate of drug-likeness (QED) is 0.402. The Kier molecular flexibility index (Phi) is 9.32. The highest BCUT2D eigenvalue weighted by Crippen LogP contribution is 2.18. The van der Waals surface area contributed by atoms with Gasteiger partial charge in [-0.25, -0.2) is 0 Å². The maximum Gasteiger partial charge on any atom is 0.0117 e. The van der Waals surface area contributed by atoms with Crippen molar-refractivity contribution in [3.05, 3.63) is 0 Å². The van der Waals surface area contributed by atoms with Gasteiger partial charge >= 0.3 is 0 Å². The van der Waals surface area contributed by atoms with Gasteiger partial charge in [-0.2, -0.15) is 0 Å². The van der Waals surface area contributed by atoms with Crippen LogP contribution >= 0.6 is 0 Å². The van der Waals surface area contributed by atoms with Crippen LogP contribution in [0.3, 0.4) is 0 Å². The summed E-state index contributed by atoms with van der Waals surface area (Å²) in [5, 5.41) is 0. The van der Waals surface area contributed by atoms with Crippen LogP contribution in [0.5, 0.6) is 0 Å². The lowest BCUT2D eigenvalue weighted by Gasteiger charge is -2.12. The van der Waals surface area contributed by atoms with Gasteiger partial charge in [-0.1, -0.05) is 39.5 Å². The third-order valence-electron chi connectivity index (χ3n) is 2.48. The van der Waals surface area contributed by atoms with E-state index in [1.807, 2.05) is 6.92 Å². The van der Waals surface area contributed by atoms with Crippen LogP contribution in [0.2, 0.25) is 0 Å². The van der Waals surface area contributed by atoms with Gasteiger partial charge in [-0.15, -0.1) is 11.8 Å². The lowest BCUT2D eigenvalue weighted by molar-refractivity contribution is 0.433. The van der Waals surface area contributed by atoms with Gasteiger partial charge in [0, 0.05) is 6.42 Å². The summed E-state index contributed by atoms with van der Waals surface area (Å²) in [7, 11) is 0. The first-order chi connectivity index (χ1) is 6.35. The van der Waals surface area contributed by atoms with E-state index in [0.717, 1.165) is 12.3 Å². The number of rotatable bonds is 7. The minimum absolute atomic E-state index is 0.865. The summed E-state index contributed by atoms with van der Waals surface area (Å²) in [6.45, 7) is 6.47. The second-order valence-corrected chi connectivity index (χ2v) is 3.78. The number of unbranched alkanes of at least 4 members (excludes halogenated alkanes) is 2. The molecule has 0 aliphatic carbocycles. The Bertz CT molecular complexity index is 147. The monoisotopic (exact) mass is 180 g/mol. The van der Waals surface area contributed by atoms with Gasteiger partial charge in [0.25, 0.3) is 0 Å². The lowest BCUT2D eigenvalue weighted by atomic mass is 9.94. The fourth-order valence-corrected chi connectivity index (χ4v) is 1.69. The Balaban J connectivity index is 3.57. The second-order valence-electron chi connectivity index (χ2n) is 3.78. The molecule has 0 nitrogen and oxygen atoms in total. The minimum Gasteiger partial charge on any atom is -0.107 e. The second kappa shape index (κ2) is 9.65. The first-order valence-corrected chi connectivity index (χ1v) is 5.74. The molecule has 0 fully saturated rings. The van der Waals surface area contributed by atoms with Crippen LogP contribution in [-0.2, 0) is 0 Å². The third kappa shape index (κ3) is 7.91. The first kappa shape index (κ1) is 12.6. The fourth-order valence-electron chi connectivity index (χ4n) is 1.69. The summed E-state index contributed by atoms with van der Waals surface area (Å²) in [5.41, 5.74) is 0. The van der Waals surface area contributed by atoms with E-state index in [1.54, 1.807) is 0 Å². The van der Waals surface area contributed by atoms with Crippen LogP contribution in [0.15, 0.2) is 0 Å². The largest absolute Gasteiger partial charge is 0.107 e. The highest BCUT2D eigenvalue weighted by Gasteiger charge is 2.04. The van der Waals surface area contributed by atoms with E-state index in [1.165, 1.54) is 38.5 Å². The summed E-state index contributed by atoms with van der Waals surface area (Å²) in [4.78, 5) is 0. The van der Waals surface area contributed by atoms with Crippen LogP contribution in [0.25, 0.3) is 0 Å². The molecule has 0 aliphatic heterocycles. The van der Waals surface area contributed by atoms with Crippen molar-refractivity contribution in [2.24, 2.45) is 5.92 Å². The molecule has 1 atom stereocenters. The van der Waals surface area contributed by atoms with Gasteiger partial charge < -0.3 is 0 Å². The third-order valence-corrected chi connectivity index (χ3v) is 2.48. The molecule has 0 heteroatoms. The predicted molar refractivity (Wildman–Crippen MR) is 60.6 cm³/mol. The Labute approximate surface area is 84.1 Å². The van der Waals surface area contributed by atoms with Crippen molar-refractivity contribution in [3.63, 3.8) is 0 Å². The van der Waals surface area contributed by atoms with Gasteiger partial charge in [-0.05, 0) is 25.7 Å². The molecule has 0 rings (SSSR count). The van der Waals surface area contributed by atoms with E-state index in [4.69, 9.17) is 0 Å². The lowest BCUT2D eigenvalue weighted by Crippen LogP contribution is -1.98. The molecule has 1 unspecified atom stereocenters. The van der Waals surface area contributed by atoms with Gasteiger partial charge in [0.1, 0.15) is 0 Å². The highest BCUT2D eigenvalue weighted by molar-refractivity contribution is 4.96. The molecule has 0 spiro atoms. The van der Waals surface area contributed by atoms with E-state index < -0.39 is 0 Å². The zero-order chi connectivity index (χ0) is 9.94. The summed E-state index contributed by atoms with van der Waals surface area (Å²) in [6.07, 6.45) is 9.29. The highest BCUT2D eigenvalue weighted by atomic mass is 14.1. The van der Waals surface area contributed by atoms with Gasteiger partial charge in [0.15, 0.2) is 0 Å². The van der Waals surface area contributed by atoms with Crippen molar-refractivity contribution in [2.45, 2.75) is 65.7 Å². The van der Waals surface area contributed by atoms with Crippen molar-refractivity contribution < 1.29 is 0 Å². The van der Waals surface area contributed by atoms with Crippen molar-refractivity contribution in [1.29, 1.82) is 0 Å². The van der Waals surface area contributed by atoms with E-state index in [9.17, 15) is 0 Å². The molecule has 0 bridgehead atoms. The fraction of sp³-hybridized carbons (Fsp3) is 0.846. The zero-order valence-corrected chi connectivity index (χ0v) is 9.53. The molecule has 0 radical (unpaired) electrons. The Morgan fingerprint density at radius 1 is 1.00 bits per heavy atom. The normalized spacial score (nSPS) is 11.9. The SMILES string of the molecule is CC#CCC(CCC)CCCCC. The molecule has 76 valence electrons. The smallest absolute Gasteiger partial charge is 0.0117 e. The van der Waals surface area contributed by atoms with Crippen LogP contribution < -0.4 is 0 Å². The number of hydrogen-bond acceptors (Lipinski definition) is 0. The van der Waals surface area contributed by atoms with Crippen molar-refractivity contribution in [2.75, 3.05) is 0 Å². The Morgan fingerprint density at radius 3 is 2.31 bits per heavy atom. The van der Waals surface area contributed by atoms with Crippen molar-refractivity contribution >= 4 is 0 Å². The molecule has 0 aromatic heterocycles. The number of hydrogen-bond donors (Lipinski definition) is 0. The van der Waals surface area contributed by atoms with Crippen molar-refractivity contribution in [1.82, 2.24) is 0 Å². The van der Waals surface area contributed by atoms with E-state index >= 15 is 0 Å². The summed E-state index contributed by atoms with van der Waals surface area (Å²) >= 11 is 0. The predicted octanol–water partition coefficient (Wildman–Crippen LogP) is 4.40. The molecule has 13 heavy (non-hydrogen) atoms. The summed E-state index contributed by atoms with van der Waals surface area (Å²) < 4.78 is 0. The molecule has 0 amide bonds. The van der Waals surface area contributed by atoms with Crippen LogP contribution in [-0.4, -0.2) is 0 Å².